The summed E-state index contributed by atoms with van der Waals surface area (Å²) >= 11 is 0. The smallest absolute Gasteiger partial charge is 0.0266 e. The molecule has 0 aliphatic heterocycles. The monoisotopic (exact) mass is 380 g/mol. The first-order chi connectivity index (χ1) is 13.6. The minimum atomic E-state index is 0.717. The molecule has 0 radical (unpaired) electrons. The van der Waals surface area contributed by atoms with E-state index in [1.807, 2.05) is 0 Å². The minimum Gasteiger partial charge on any atom is -0.124 e. The summed E-state index contributed by atoms with van der Waals surface area (Å²) in [5, 5.41) is 0. The van der Waals surface area contributed by atoms with Crippen LogP contribution < -0.4 is 0 Å². The van der Waals surface area contributed by atoms with Gasteiger partial charge in [-0.15, -0.1) is 38.5 Å². The summed E-state index contributed by atoms with van der Waals surface area (Å²) in [4.78, 5) is 0. The molecular formula is C28H44. The van der Waals surface area contributed by atoms with Crippen molar-refractivity contribution in [1.29, 1.82) is 0 Å². The lowest BCUT2D eigenvalue weighted by Gasteiger charge is -2.60. The summed E-state index contributed by atoms with van der Waals surface area (Å²) in [6, 6.07) is 0. The molecule has 156 valence electrons. The predicted octanol–water partition coefficient (Wildman–Crippen LogP) is 7.58. The van der Waals surface area contributed by atoms with Gasteiger partial charge >= 0.3 is 0 Å². The molecule has 28 heavy (non-hydrogen) atoms. The molecule has 4 aliphatic carbocycles. The molecule has 4 saturated carbocycles. The van der Waals surface area contributed by atoms with Gasteiger partial charge in [-0.2, -0.15) is 0 Å². The van der Waals surface area contributed by atoms with Crippen molar-refractivity contribution in [1.82, 2.24) is 0 Å². The standard InChI is InChI=1S/C22H38.3C2H2/c1-4-7-16-10-12-19-18-11-9-17-8-5-6-14-21(17,2)20(18)13-15-22(16,19)3;3*1-2/h16-20H,4-15H2,1-3H3;3*1-2H/t16-,17?,18-,19?,20?,21-,22+;;;/m0.../s1. The molecule has 7 atom stereocenters. The van der Waals surface area contributed by atoms with E-state index in [9.17, 15) is 0 Å². The Labute approximate surface area is 177 Å². The molecule has 0 nitrogen and oxygen atoms in total. The summed E-state index contributed by atoms with van der Waals surface area (Å²) < 4.78 is 0. The highest BCUT2D eigenvalue weighted by Crippen LogP contribution is 2.67. The van der Waals surface area contributed by atoms with Crippen LogP contribution in [-0.4, -0.2) is 0 Å². The van der Waals surface area contributed by atoms with Crippen molar-refractivity contribution in [2.24, 2.45) is 40.4 Å². The van der Waals surface area contributed by atoms with Gasteiger partial charge in [-0.1, -0.05) is 46.5 Å². The number of hydrogen-bond acceptors (Lipinski definition) is 0. The lowest BCUT2D eigenvalue weighted by Crippen LogP contribution is -2.52. The third kappa shape index (κ3) is 4.16. The summed E-state index contributed by atoms with van der Waals surface area (Å²) in [6.07, 6.45) is 42.5. The fraction of sp³-hybridized carbons (Fsp3) is 0.786. The maximum atomic E-state index is 4.00. The quantitative estimate of drug-likeness (QED) is 0.433. The third-order valence-electron chi connectivity index (χ3n) is 9.42. The molecule has 0 aromatic rings. The Kier molecular flexibility index (Phi) is 9.73. The van der Waals surface area contributed by atoms with Gasteiger partial charge in [-0.05, 0) is 91.8 Å². The highest BCUT2D eigenvalue weighted by atomic mass is 14.6. The van der Waals surface area contributed by atoms with Crippen molar-refractivity contribution in [2.45, 2.75) is 97.8 Å². The van der Waals surface area contributed by atoms with Crippen LogP contribution in [0.4, 0.5) is 0 Å². The normalized spacial score (nSPS) is 43.0. The largest absolute Gasteiger partial charge is 0.124 e. The van der Waals surface area contributed by atoms with Gasteiger partial charge in [-0.3, -0.25) is 0 Å². The Bertz CT molecular complexity index is 508. The highest BCUT2D eigenvalue weighted by Gasteiger charge is 2.59. The van der Waals surface area contributed by atoms with Crippen LogP contribution in [0.3, 0.4) is 0 Å². The molecule has 0 amide bonds. The van der Waals surface area contributed by atoms with Crippen molar-refractivity contribution in [2.75, 3.05) is 0 Å². The van der Waals surface area contributed by atoms with E-state index in [4.69, 9.17) is 0 Å². The molecule has 0 N–H and O–H groups in total. The molecule has 0 heteroatoms. The van der Waals surface area contributed by atoms with Gasteiger partial charge < -0.3 is 0 Å². The minimum absolute atomic E-state index is 0.717. The first-order valence-corrected chi connectivity index (χ1v) is 11.6. The molecular weight excluding hydrogens is 336 g/mol. The zero-order valence-electron chi connectivity index (χ0n) is 18.8. The Morgan fingerprint density at radius 3 is 1.96 bits per heavy atom. The molecule has 3 unspecified atom stereocenters. The van der Waals surface area contributed by atoms with Crippen LogP contribution in [0.15, 0.2) is 0 Å². The van der Waals surface area contributed by atoms with Crippen molar-refractivity contribution in [3.63, 3.8) is 0 Å². The third-order valence-corrected chi connectivity index (χ3v) is 9.42. The van der Waals surface area contributed by atoms with Gasteiger partial charge in [0.2, 0.25) is 0 Å². The number of terminal acetylenes is 3. The number of hydrogen-bond donors (Lipinski definition) is 0. The second-order valence-corrected chi connectivity index (χ2v) is 10.0. The zero-order valence-corrected chi connectivity index (χ0v) is 18.8. The molecule has 4 aliphatic rings. The Balaban J connectivity index is 0.000000599. The highest BCUT2D eigenvalue weighted by molar-refractivity contribution is 5.08. The lowest BCUT2D eigenvalue weighted by atomic mass is 9.45. The van der Waals surface area contributed by atoms with E-state index in [1.165, 1.54) is 25.7 Å². The second kappa shape index (κ2) is 11.0. The Morgan fingerprint density at radius 2 is 1.32 bits per heavy atom. The van der Waals surface area contributed by atoms with E-state index in [0.717, 1.165) is 40.4 Å². The number of fused-ring (bicyclic) bond motifs is 5. The molecule has 4 rings (SSSR count). The summed E-state index contributed by atoms with van der Waals surface area (Å²) in [7, 11) is 0. The molecule has 0 heterocycles. The summed E-state index contributed by atoms with van der Waals surface area (Å²) in [5.41, 5.74) is 1.44. The van der Waals surface area contributed by atoms with Crippen LogP contribution in [-0.2, 0) is 0 Å². The average Bonchev–Trinajstić information content (AvgIpc) is 3.09. The Hall–Kier alpha value is -1.32. The molecule has 0 aromatic carbocycles. The van der Waals surface area contributed by atoms with Crippen molar-refractivity contribution >= 4 is 0 Å². The van der Waals surface area contributed by atoms with E-state index < -0.39 is 0 Å². The fourth-order valence-corrected chi connectivity index (χ4v) is 8.23. The predicted molar refractivity (Wildman–Crippen MR) is 124 cm³/mol. The van der Waals surface area contributed by atoms with Crippen molar-refractivity contribution < 1.29 is 0 Å². The Morgan fingerprint density at radius 1 is 0.679 bits per heavy atom. The van der Waals surface area contributed by atoms with Gasteiger partial charge in [-0.25, -0.2) is 0 Å². The van der Waals surface area contributed by atoms with Crippen LogP contribution in [0.2, 0.25) is 0 Å². The zero-order chi connectivity index (χ0) is 21.4. The molecule has 0 spiro atoms. The van der Waals surface area contributed by atoms with Crippen LogP contribution >= 0.6 is 0 Å². The second-order valence-electron chi connectivity index (χ2n) is 10.0. The van der Waals surface area contributed by atoms with E-state index >= 15 is 0 Å². The van der Waals surface area contributed by atoms with E-state index in [-0.39, 0.29) is 0 Å². The van der Waals surface area contributed by atoms with Crippen molar-refractivity contribution in [3.05, 3.63) is 0 Å². The van der Waals surface area contributed by atoms with Gasteiger partial charge in [0.25, 0.3) is 0 Å². The van der Waals surface area contributed by atoms with Crippen molar-refractivity contribution in [3.8, 4) is 38.5 Å². The first-order valence-electron chi connectivity index (χ1n) is 11.6. The van der Waals surface area contributed by atoms with Crippen LogP contribution in [0.25, 0.3) is 0 Å². The first kappa shape index (κ1) is 24.7. The van der Waals surface area contributed by atoms with E-state index in [1.54, 1.807) is 51.4 Å². The maximum Gasteiger partial charge on any atom is -0.0266 e. The molecule has 0 bridgehead atoms. The van der Waals surface area contributed by atoms with Crippen LogP contribution in [0, 0.1) is 79.0 Å². The average molecular weight is 381 g/mol. The molecule has 0 saturated heterocycles. The van der Waals surface area contributed by atoms with Crippen LogP contribution in [0.1, 0.15) is 97.8 Å². The lowest BCUT2D eigenvalue weighted by molar-refractivity contribution is -0.111. The number of rotatable bonds is 2. The van der Waals surface area contributed by atoms with Crippen LogP contribution in [0.5, 0.6) is 0 Å². The maximum absolute atomic E-state index is 4.00. The van der Waals surface area contributed by atoms with Gasteiger partial charge in [0.05, 0.1) is 0 Å². The topological polar surface area (TPSA) is 0 Å². The summed E-state index contributed by atoms with van der Waals surface area (Å²) in [5.74, 6) is 5.41. The molecule has 0 aromatic heterocycles. The van der Waals surface area contributed by atoms with E-state index in [2.05, 4.69) is 59.3 Å². The van der Waals surface area contributed by atoms with Gasteiger partial charge in [0, 0.05) is 0 Å². The van der Waals surface area contributed by atoms with E-state index in [0.29, 0.717) is 0 Å². The van der Waals surface area contributed by atoms with Gasteiger partial charge in [0.1, 0.15) is 0 Å². The fourth-order valence-electron chi connectivity index (χ4n) is 8.23. The SMILES string of the molecule is C#C.C#C.C#C.CCC[C@H]1CCC2[C@@H]3CCC4CCCC[C@]4(C)C3CC[C@@]21C. The molecule has 4 fully saturated rings. The summed E-state index contributed by atoms with van der Waals surface area (Å²) in [6.45, 7) is 7.82. The van der Waals surface area contributed by atoms with Gasteiger partial charge in [0.15, 0.2) is 0 Å².